The number of hydrogen-bond acceptors (Lipinski definition) is 5. The third-order valence-corrected chi connectivity index (χ3v) is 7.23. The number of carbonyl (C=O) groups is 3. The van der Waals surface area contributed by atoms with Crippen LogP contribution in [-0.2, 0) is 17.8 Å². The van der Waals surface area contributed by atoms with Gasteiger partial charge in [-0.2, -0.15) is 5.10 Å². The van der Waals surface area contributed by atoms with Crippen LogP contribution in [0.1, 0.15) is 43.4 Å². The SMILES string of the molecule is C/C=N\Nc1c(C)cc(CC(NC(=O)N2CCC(N3Cc4ccccc4NC3=O)CC2)C(C)=O)cc1Cl. The van der Waals surface area contributed by atoms with Crippen molar-refractivity contribution < 1.29 is 14.4 Å². The zero-order chi connectivity index (χ0) is 26.5. The summed E-state index contributed by atoms with van der Waals surface area (Å²) in [4.78, 5) is 41.7. The van der Waals surface area contributed by atoms with Gasteiger partial charge < -0.3 is 20.4 Å². The molecular formula is C27H33ClN6O3. The monoisotopic (exact) mass is 524 g/mol. The van der Waals surface area contributed by atoms with Gasteiger partial charge >= 0.3 is 12.1 Å². The Kier molecular flexibility index (Phi) is 8.33. The lowest BCUT2D eigenvalue weighted by Crippen LogP contribution is -2.54. The number of para-hydroxylation sites is 1. The van der Waals surface area contributed by atoms with E-state index in [0.717, 1.165) is 22.4 Å². The number of hydrogen-bond donors (Lipinski definition) is 3. The molecule has 2 aromatic rings. The lowest BCUT2D eigenvalue weighted by atomic mass is 10.00. The predicted molar refractivity (Wildman–Crippen MR) is 146 cm³/mol. The number of aryl methyl sites for hydroxylation is 1. The van der Waals surface area contributed by atoms with Crippen LogP contribution in [0.3, 0.4) is 0 Å². The summed E-state index contributed by atoms with van der Waals surface area (Å²) in [7, 11) is 0. The van der Waals surface area contributed by atoms with Crippen LogP contribution in [0.25, 0.3) is 0 Å². The fourth-order valence-electron chi connectivity index (χ4n) is 4.87. The lowest BCUT2D eigenvalue weighted by molar-refractivity contribution is -0.118. The summed E-state index contributed by atoms with van der Waals surface area (Å²) in [5, 5.41) is 10.4. The van der Waals surface area contributed by atoms with Gasteiger partial charge in [0.15, 0.2) is 5.78 Å². The van der Waals surface area contributed by atoms with Crippen molar-refractivity contribution in [3.63, 3.8) is 0 Å². The standard InChI is InChI=1S/C27H33ClN6O3/c1-4-29-32-25-17(2)13-19(14-22(25)28)15-24(18(3)35)31-26(36)33-11-9-21(10-12-33)34-16-20-7-5-6-8-23(20)30-27(34)37/h4-8,13-14,21,24,32H,9-12,15-16H2,1-3H3,(H,30,37)(H,31,36)/b29-4-. The molecule has 1 unspecified atom stereocenters. The van der Waals surface area contributed by atoms with E-state index >= 15 is 0 Å². The highest BCUT2D eigenvalue weighted by Gasteiger charge is 2.33. The number of amides is 4. The average molecular weight is 525 g/mol. The minimum Gasteiger partial charge on any atom is -0.328 e. The van der Waals surface area contributed by atoms with Crippen LogP contribution in [-0.4, -0.2) is 59.0 Å². The third-order valence-electron chi connectivity index (χ3n) is 6.93. The quantitative estimate of drug-likeness (QED) is 0.357. The van der Waals surface area contributed by atoms with Gasteiger partial charge in [-0.1, -0.05) is 35.9 Å². The number of Topliss-reactive ketones (excluding diaryl/α,β-unsaturated/α-hetero) is 1. The molecule has 0 aromatic heterocycles. The number of nitrogens with zero attached hydrogens (tertiary/aromatic N) is 3. The molecular weight excluding hydrogens is 492 g/mol. The molecule has 0 aliphatic carbocycles. The van der Waals surface area contributed by atoms with Gasteiger partial charge in [0.05, 0.1) is 16.8 Å². The van der Waals surface area contributed by atoms with Gasteiger partial charge in [-0.3, -0.25) is 10.2 Å². The van der Waals surface area contributed by atoms with E-state index < -0.39 is 6.04 Å². The molecule has 2 aliphatic heterocycles. The van der Waals surface area contributed by atoms with Crippen molar-refractivity contribution in [3.05, 3.63) is 58.1 Å². The zero-order valence-corrected chi connectivity index (χ0v) is 22.1. The fourth-order valence-corrected chi connectivity index (χ4v) is 5.21. The van der Waals surface area contributed by atoms with Crippen LogP contribution >= 0.6 is 11.6 Å². The number of rotatable bonds is 7. The molecule has 0 bridgehead atoms. The fraction of sp³-hybridized carbons (Fsp3) is 0.407. The van der Waals surface area contributed by atoms with E-state index in [9.17, 15) is 14.4 Å². The van der Waals surface area contributed by atoms with Gasteiger partial charge in [0.2, 0.25) is 0 Å². The molecule has 2 aliphatic rings. The smallest absolute Gasteiger partial charge is 0.322 e. The molecule has 2 heterocycles. The first-order valence-corrected chi connectivity index (χ1v) is 12.9. The Balaban J connectivity index is 1.34. The van der Waals surface area contributed by atoms with Crippen molar-refractivity contribution in [1.29, 1.82) is 0 Å². The van der Waals surface area contributed by atoms with Crippen LogP contribution in [0.5, 0.6) is 0 Å². The second kappa shape index (κ2) is 11.6. The Labute approximate surface area is 222 Å². The van der Waals surface area contributed by atoms with E-state index in [2.05, 4.69) is 21.2 Å². The van der Waals surface area contributed by atoms with Gasteiger partial charge in [0.1, 0.15) is 0 Å². The van der Waals surface area contributed by atoms with Crippen molar-refractivity contribution in [2.45, 2.75) is 58.7 Å². The van der Waals surface area contributed by atoms with Crippen molar-refractivity contribution >= 4 is 47.0 Å². The Morgan fingerprint density at radius 1 is 1.24 bits per heavy atom. The number of halogens is 1. The summed E-state index contributed by atoms with van der Waals surface area (Å²) in [5.41, 5.74) is 7.31. The summed E-state index contributed by atoms with van der Waals surface area (Å²) in [6, 6.07) is 10.5. The molecule has 10 heteroatoms. The Hall–Kier alpha value is -3.59. The molecule has 4 rings (SSSR count). The number of fused-ring (bicyclic) bond motifs is 1. The highest BCUT2D eigenvalue weighted by molar-refractivity contribution is 6.33. The Morgan fingerprint density at radius 2 is 1.97 bits per heavy atom. The minimum atomic E-state index is -0.669. The van der Waals surface area contributed by atoms with Crippen molar-refractivity contribution in [3.8, 4) is 0 Å². The molecule has 1 saturated heterocycles. The maximum atomic E-state index is 13.0. The first-order chi connectivity index (χ1) is 17.8. The highest BCUT2D eigenvalue weighted by atomic mass is 35.5. The maximum Gasteiger partial charge on any atom is 0.322 e. The van der Waals surface area contributed by atoms with E-state index in [0.29, 0.717) is 49.6 Å². The predicted octanol–water partition coefficient (Wildman–Crippen LogP) is 4.79. The summed E-state index contributed by atoms with van der Waals surface area (Å²) in [6.45, 7) is 6.77. The van der Waals surface area contributed by atoms with E-state index in [4.69, 9.17) is 11.6 Å². The second-order valence-corrected chi connectivity index (χ2v) is 9.93. The number of urea groups is 2. The minimum absolute atomic E-state index is 0.0512. The van der Waals surface area contributed by atoms with Crippen molar-refractivity contribution in [1.82, 2.24) is 15.1 Å². The van der Waals surface area contributed by atoms with Crippen LogP contribution in [0, 0.1) is 6.92 Å². The molecule has 0 radical (unpaired) electrons. The number of carbonyl (C=O) groups excluding carboxylic acids is 3. The molecule has 37 heavy (non-hydrogen) atoms. The van der Waals surface area contributed by atoms with Gasteiger partial charge in [-0.25, -0.2) is 9.59 Å². The van der Waals surface area contributed by atoms with E-state index in [1.165, 1.54) is 6.92 Å². The van der Waals surface area contributed by atoms with Gasteiger partial charge in [0, 0.05) is 37.6 Å². The maximum absolute atomic E-state index is 13.0. The summed E-state index contributed by atoms with van der Waals surface area (Å²) in [6.07, 6.45) is 3.32. The topological polar surface area (TPSA) is 106 Å². The van der Waals surface area contributed by atoms with E-state index in [1.54, 1.807) is 24.1 Å². The van der Waals surface area contributed by atoms with Gasteiger partial charge in [-0.05, 0) is 68.9 Å². The first kappa shape index (κ1) is 26.5. The number of piperidine rings is 1. The number of hydrazone groups is 1. The molecule has 0 saturated carbocycles. The van der Waals surface area contributed by atoms with Crippen molar-refractivity contribution in [2.75, 3.05) is 23.8 Å². The molecule has 4 amide bonds. The third kappa shape index (κ3) is 6.22. The number of benzene rings is 2. The van der Waals surface area contributed by atoms with E-state index in [-0.39, 0.29) is 23.9 Å². The zero-order valence-electron chi connectivity index (χ0n) is 21.4. The second-order valence-electron chi connectivity index (χ2n) is 9.52. The average Bonchev–Trinajstić information content (AvgIpc) is 2.87. The first-order valence-electron chi connectivity index (χ1n) is 12.5. The number of nitrogens with one attached hydrogen (secondary N) is 3. The van der Waals surface area contributed by atoms with Crippen LogP contribution < -0.4 is 16.1 Å². The van der Waals surface area contributed by atoms with Crippen LogP contribution in [0.15, 0.2) is 41.5 Å². The van der Waals surface area contributed by atoms with Crippen molar-refractivity contribution in [2.24, 2.45) is 5.10 Å². The molecule has 3 N–H and O–H groups in total. The summed E-state index contributed by atoms with van der Waals surface area (Å²) in [5.74, 6) is -0.126. The largest absolute Gasteiger partial charge is 0.328 e. The highest BCUT2D eigenvalue weighted by Crippen LogP contribution is 2.29. The molecule has 1 fully saturated rings. The van der Waals surface area contributed by atoms with Crippen LogP contribution in [0.4, 0.5) is 21.0 Å². The lowest BCUT2D eigenvalue weighted by Gasteiger charge is -2.40. The molecule has 9 nitrogen and oxygen atoms in total. The summed E-state index contributed by atoms with van der Waals surface area (Å²) >= 11 is 6.43. The van der Waals surface area contributed by atoms with Gasteiger partial charge in [-0.15, -0.1) is 0 Å². The van der Waals surface area contributed by atoms with Crippen LogP contribution in [0.2, 0.25) is 5.02 Å². The Morgan fingerprint density at radius 3 is 2.65 bits per heavy atom. The van der Waals surface area contributed by atoms with Gasteiger partial charge in [0.25, 0.3) is 0 Å². The molecule has 1 atom stereocenters. The number of likely N-dealkylation sites (tertiary alicyclic amines) is 1. The number of ketones is 1. The Bertz CT molecular complexity index is 1190. The number of anilines is 2. The normalized spacial score (nSPS) is 16.8. The molecule has 2 aromatic carbocycles. The molecule has 0 spiro atoms. The summed E-state index contributed by atoms with van der Waals surface area (Å²) < 4.78 is 0. The van der Waals surface area contributed by atoms with E-state index in [1.807, 2.05) is 42.2 Å². The molecule has 196 valence electrons.